The van der Waals surface area contributed by atoms with Gasteiger partial charge in [-0.15, -0.1) is 0 Å². The molecule has 1 aromatic rings. The lowest BCUT2D eigenvalue weighted by Gasteiger charge is -2.32. The van der Waals surface area contributed by atoms with E-state index in [4.69, 9.17) is 0 Å². The predicted octanol–water partition coefficient (Wildman–Crippen LogP) is 0.508. The Kier molecular flexibility index (Phi) is 1.53. The number of benzene rings is 1. The van der Waals surface area contributed by atoms with Crippen LogP contribution in [-0.4, -0.2) is 16.9 Å². The maximum atomic E-state index is 11.4. The Labute approximate surface area is 75.6 Å². The summed E-state index contributed by atoms with van der Waals surface area (Å²) in [5.41, 5.74) is 1.20. The Balaban J connectivity index is 2.49. The van der Waals surface area contributed by atoms with Crippen LogP contribution in [-0.2, 0) is 0 Å². The monoisotopic (exact) mass is 178 g/mol. The van der Waals surface area contributed by atoms with Gasteiger partial charge in [0.1, 0.15) is 0 Å². The molecule has 1 aromatic carbocycles. The summed E-state index contributed by atoms with van der Waals surface area (Å²) in [4.78, 5) is 11.4. The average molecular weight is 178 g/mol. The number of rotatable bonds is 0. The number of hydrogen-bond donors (Lipinski definition) is 3. The van der Waals surface area contributed by atoms with E-state index in [0.717, 1.165) is 0 Å². The van der Waals surface area contributed by atoms with Crippen LogP contribution in [0.4, 0.5) is 5.69 Å². The molecule has 4 nitrogen and oxygen atoms in total. The smallest absolute Gasteiger partial charge is 0.256 e. The Morgan fingerprint density at radius 3 is 2.77 bits per heavy atom. The molecule has 1 atom stereocenters. The van der Waals surface area contributed by atoms with E-state index in [1.54, 1.807) is 24.3 Å². The van der Waals surface area contributed by atoms with Gasteiger partial charge in [-0.05, 0) is 12.1 Å². The first-order chi connectivity index (χ1) is 6.08. The number of carbonyl (C=O) groups is 1. The summed E-state index contributed by atoms with van der Waals surface area (Å²) in [6, 6.07) is 7.04. The van der Waals surface area contributed by atoms with Crippen molar-refractivity contribution in [1.29, 1.82) is 0 Å². The molecule has 1 amide bonds. The lowest BCUT2D eigenvalue weighted by atomic mass is 10.1. The molecule has 0 radical (unpaired) electrons. The summed E-state index contributed by atoms with van der Waals surface area (Å²) in [6.45, 7) is 1.49. The Bertz CT molecular complexity index is 360. The minimum Gasteiger partial charge on any atom is -0.354 e. The van der Waals surface area contributed by atoms with Crippen molar-refractivity contribution in [2.24, 2.45) is 0 Å². The topological polar surface area (TPSA) is 61.4 Å². The summed E-state index contributed by atoms with van der Waals surface area (Å²) in [7, 11) is 0. The highest BCUT2D eigenvalue weighted by Crippen LogP contribution is 2.22. The summed E-state index contributed by atoms with van der Waals surface area (Å²) in [5, 5.41) is 14.8. The molecule has 0 fully saturated rings. The first-order valence-electron chi connectivity index (χ1n) is 4.01. The van der Waals surface area contributed by atoms with Crippen molar-refractivity contribution < 1.29 is 9.90 Å². The standard InChI is InChI=1S/C9H10N2O2/c1-9(13)10-7-5-3-2-4-6(7)8(12)11-9/h2-5,10,13H,1H3,(H,11,12). The largest absolute Gasteiger partial charge is 0.354 e. The van der Waals surface area contributed by atoms with Gasteiger partial charge in [0.2, 0.25) is 5.85 Å². The van der Waals surface area contributed by atoms with Crippen LogP contribution in [0.25, 0.3) is 0 Å². The SMILES string of the molecule is CC1(O)NC(=O)c2ccccc2N1. The van der Waals surface area contributed by atoms with Gasteiger partial charge >= 0.3 is 0 Å². The van der Waals surface area contributed by atoms with Crippen molar-refractivity contribution >= 4 is 11.6 Å². The van der Waals surface area contributed by atoms with Crippen LogP contribution >= 0.6 is 0 Å². The first kappa shape index (κ1) is 8.07. The van der Waals surface area contributed by atoms with Crippen molar-refractivity contribution in [2.75, 3.05) is 5.32 Å². The third-order valence-corrected chi connectivity index (χ3v) is 1.91. The van der Waals surface area contributed by atoms with Gasteiger partial charge in [-0.2, -0.15) is 0 Å². The number of carbonyl (C=O) groups excluding carboxylic acids is 1. The summed E-state index contributed by atoms with van der Waals surface area (Å²) in [5.74, 6) is -1.62. The zero-order chi connectivity index (χ0) is 9.47. The van der Waals surface area contributed by atoms with Crippen LogP contribution in [0.2, 0.25) is 0 Å². The number of para-hydroxylation sites is 1. The minimum absolute atomic E-state index is 0.264. The Morgan fingerprint density at radius 2 is 2.00 bits per heavy atom. The number of anilines is 1. The number of fused-ring (bicyclic) bond motifs is 1. The maximum Gasteiger partial charge on any atom is 0.256 e. The van der Waals surface area contributed by atoms with Gasteiger partial charge in [0.25, 0.3) is 5.91 Å². The molecule has 0 spiro atoms. The molecule has 0 aromatic heterocycles. The second kappa shape index (κ2) is 2.47. The molecule has 68 valence electrons. The highest BCUT2D eigenvalue weighted by molar-refractivity contribution is 6.01. The third kappa shape index (κ3) is 1.36. The van der Waals surface area contributed by atoms with Gasteiger partial charge in [-0.1, -0.05) is 12.1 Å². The minimum atomic E-state index is -1.36. The van der Waals surface area contributed by atoms with Gasteiger partial charge < -0.3 is 15.7 Å². The Morgan fingerprint density at radius 1 is 1.31 bits per heavy atom. The molecule has 1 heterocycles. The molecule has 2 rings (SSSR count). The van der Waals surface area contributed by atoms with E-state index in [-0.39, 0.29) is 5.91 Å². The summed E-state index contributed by atoms with van der Waals surface area (Å²) >= 11 is 0. The molecule has 0 aliphatic carbocycles. The molecule has 1 aliphatic rings. The zero-order valence-electron chi connectivity index (χ0n) is 7.16. The third-order valence-electron chi connectivity index (χ3n) is 1.91. The fourth-order valence-electron chi connectivity index (χ4n) is 1.37. The zero-order valence-corrected chi connectivity index (χ0v) is 7.16. The van der Waals surface area contributed by atoms with Crippen LogP contribution in [0.3, 0.4) is 0 Å². The van der Waals surface area contributed by atoms with E-state index in [1.165, 1.54) is 6.92 Å². The van der Waals surface area contributed by atoms with Crippen molar-refractivity contribution in [3.05, 3.63) is 29.8 Å². The van der Waals surface area contributed by atoms with Crippen LogP contribution in [0.15, 0.2) is 24.3 Å². The van der Waals surface area contributed by atoms with Crippen LogP contribution in [0, 0.1) is 0 Å². The van der Waals surface area contributed by atoms with Crippen LogP contribution < -0.4 is 10.6 Å². The van der Waals surface area contributed by atoms with E-state index >= 15 is 0 Å². The number of hydrogen-bond acceptors (Lipinski definition) is 3. The van der Waals surface area contributed by atoms with E-state index in [0.29, 0.717) is 11.3 Å². The molecule has 0 saturated carbocycles. The quantitative estimate of drug-likeness (QED) is 0.542. The van der Waals surface area contributed by atoms with E-state index in [1.807, 2.05) is 0 Å². The first-order valence-corrected chi connectivity index (χ1v) is 4.01. The molecule has 1 aliphatic heterocycles. The summed E-state index contributed by atoms with van der Waals surface area (Å²) < 4.78 is 0. The highest BCUT2D eigenvalue weighted by Gasteiger charge is 2.30. The fourth-order valence-corrected chi connectivity index (χ4v) is 1.37. The van der Waals surface area contributed by atoms with Crippen molar-refractivity contribution in [3.63, 3.8) is 0 Å². The van der Waals surface area contributed by atoms with Crippen molar-refractivity contribution in [2.45, 2.75) is 12.8 Å². The molecule has 3 N–H and O–H groups in total. The molecule has 0 saturated heterocycles. The van der Waals surface area contributed by atoms with Gasteiger partial charge in [0.05, 0.1) is 11.3 Å². The maximum absolute atomic E-state index is 11.4. The van der Waals surface area contributed by atoms with E-state index in [2.05, 4.69) is 10.6 Å². The van der Waals surface area contributed by atoms with Crippen molar-refractivity contribution in [1.82, 2.24) is 5.32 Å². The number of nitrogens with one attached hydrogen (secondary N) is 2. The molecular weight excluding hydrogens is 168 g/mol. The lowest BCUT2D eigenvalue weighted by Crippen LogP contribution is -2.55. The van der Waals surface area contributed by atoms with E-state index < -0.39 is 5.85 Å². The van der Waals surface area contributed by atoms with Gasteiger partial charge in [-0.25, -0.2) is 0 Å². The normalized spacial score (nSPS) is 25.8. The number of amides is 1. The second-order valence-corrected chi connectivity index (χ2v) is 3.20. The highest BCUT2D eigenvalue weighted by atomic mass is 16.3. The molecular formula is C9H10N2O2. The number of aliphatic hydroxyl groups is 1. The van der Waals surface area contributed by atoms with Crippen LogP contribution in [0.5, 0.6) is 0 Å². The molecule has 1 unspecified atom stereocenters. The molecule has 4 heteroatoms. The fraction of sp³-hybridized carbons (Fsp3) is 0.222. The van der Waals surface area contributed by atoms with Gasteiger partial charge in [0.15, 0.2) is 0 Å². The molecule has 0 bridgehead atoms. The van der Waals surface area contributed by atoms with Crippen molar-refractivity contribution in [3.8, 4) is 0 Å². The Hall–Kier alpha value is -1.55. The molecule has 13 heavy (non-hydrogen) atoms. The van der Waals surface area contributed by atoms with Gasteiger partial charge in [0, 0.05) is 6.92 Å². The van der Waals surface area contributed by atoms with Crippen LogP contribution in [0.1, 0.15) is 17.3 Å². The summed E-state index contributed by atoms with van der Waals surface area (Å²) in [6.07, 6.45) is 0. The lowest BCUT2D eigenvalue weighted by molar-refractivity contribution is 0.0407. The predicted molar refractivity (Wildman–Crippen MR) is 48.2 cm³/mol. The van der Waals surface area contributed by atoms with Gasteiger partial charge in [-0.3, -0.25) is 4.79 Å². The van der Waals surface area contributed by atoms with E-state index in [9.17, 15) is 9.90 Å². The average Bonchev–Trinajstić information content (AvgIpc) is 2.02. The second-order valence-electron chi connectivity index (χ2n) is 3.20.